The second-order valence-electron chi connectivity index (χ2n) is 0. The first-order valence-electron chi connectivity index (χ1n) is 0. The Balaban J connectivity index is 0. The molecule has 0 saturated heterocycles. The summed E-state index contributed by atoms with van der Waals surface area (Å²) in [5.41, 5.74) is 0. The van der Waals surface area contributed by atoms with Gasteiger partial charge in [0.1, 0.15) is 0 Å². The van der Waals surface area contributed by atoms with Crippen LogP contribution in [0, 0.1) is 0 Å². The molecule has 0 rings (SSSR count). The molecule has 0 aromatic carbocycles. The molecule has 0 aromatic rings. The molecule has 5 heavy (non-hydrogen) atoms. The van der Waals surface area contributed by atoms with E-state index in [0.29, 0.717) is 0 Å². The van der Waals surface area contributed by atoms with Gasteiger partial charge in [0, 0.05) is 84.5 Å². The van der Waals surface area contributed by atoms with Crippen molar-refractivity contribution in [1.29, 1.82) is 0 Å². The third kappa shape index (κ3) is 20.8. The van der Waals surface area contributed by atoms with Gasteiger partial charge in [0.2, 0.25) is 0 Å². The van der Waals surface area contributed by atoms with E-state index in [0.717, 1.165) is 0 Å². The first kappa shape index (κ1) is 49.7. The van der Waals surface area contributed by atoms with E-state index in [1.807, 2.05) is 0 Å². The summed E-state index contributed by atoms with van der Waals surface area (Å²) in [5, 5.41) is 0. The average Bonchev–Trinajstić information content (AvgIpc) is 0. The molecule has 0 aliphatic heterocycles. The maximum absolute atomic E-state index is 0. The summed E-state index contributed by atoms with van der Waals surface area (Å²) in [4.78, 5) is 0. The Labute approximate surface area is 83.5 Å². The van der Waals surface area contributed by atoms with Gasteiger partial charge < -0.3 is 0 Å². The van der Waals surface area contributed by atoms with Crippen molar-refractivity contribution in [2.75, 3.05) is 0 Å². The molecule has 0 amide bonds. The molecule has 0 atom stereocenters. The van der Waals surface area contributed by atoms with Crippen molar-refractivity contribution in [3.05, 3.63) is 0 Å². The van der Waals surface area contributed by atoms with Gasteiger partial charge in [-0.2, -0.15) is 0 Å². The van der Waals surface area contributed by atoms with Crippen molar-refractivity contribution in [3.8, 4) is 0 Å². The normalized spacial score (nSPS) is 0. The van der Waals surface area contributed by atoms with E-state index in [4.69, 9.17) is 0 Å². The van der Waals surface area contributed by atoms with Crippen molar-refractivity contribution in [2.45, 2.75) is 0 Å². The third-order valence-electron chi connectivity index (χ3n) is 0. The summed E-state index contributed by atoms with van der Waals surface area (Å²) >= 11 is 0. The van der Waals surface area contributed by atoms with Gasteiger partial charge in [-0.1, -0.05) is 0 Å². The summed E-state index contributed by atoms with van der Waals surface area (Å²) in [7, 11) is 0. The van der Waals surface area contributed by atoms with Crippen molar-refractivity contribution in [2.24, 2.45) is 0 Å². The Hall–Kier alpha value is 2.56. The van der Waals surface area contributed by atoms with Crippen LogP contribution in [0.5, 0.6) is 0 Å². The maximum Gasteiger partial charge on any atom is 0 e. The molecule has 0 N–H and O–H groups in total. The molecular weight excluding hydrogens is 292 g/mol. The molecule has 0 heterocycles. The molecule has 5 heteroatoms. The number of hydrogen-bond acceptors (Lipinski definition) is 0. The zero-order valence-electron chi connectivity index (χ0n) is 1.68. The first-order valence-corrected chi connectivity index (χ1v) is 0. The topological polar surface area (TPSA) is 0 Å². The second kappa shape index (κ2) is 31.0. The summed E-state index contributed by atoms with van der Waals surface area (Å²) in [6.45, 7) is 0. The Morgan fingerprint density at radius 1 is 1.00 bits per heavy atom. The van der Waals surface area contributed by atoms with Crippen LogP contribution < -0.4 is 0 Å². The van der Waals surface area contributed by atoms with Crippen molar-refractivity contribution < 1.29 is 84.5 Å². The van der Waals surface area contributed by atoms with E-state index in [1.54, 1.807) is 0 Å². The largest absolute Gasteiger partial charge is 0 e. The van der Waals surface area contributed by atoms with Crippen molar-refractivity contribution >= 4 is 0 Å². The minimum atomic E-state index is 0. The predicted molar refractivity (Wildman–Crippen MR) is 0 cm³/mol. The van der Waals surface area contributed by atoms with Gasteiger partial charge in [-0.15, -0.1) is 0 Å². The standard InChI is InChI=1S/Co.Cu.Fe.Mn.Ni. The molecular formula is CoCuFeMnNi. The van der Waals surface area contributed by atoms with E-state index < -0.39 is 0 Å². The SMILES string of the molecule is [Co].[Cu].[Fe].[Mn].[Ni]. The van der Waals surface area contributed by atoms with Crippen LogP contribution in [0.3, 0.4) is 0 Å². The minimum Gasteiger partial charge on any atom is 0 e. The summed E-state index contributed by atoms with van der Waals surface area (Å²) in [6, 6.07) is 0. The summed E-state index contributed by atoms with van der Waals surface area (Å²) in [5.74, 6) is 0. The van der Waals surface area contributed by atoms with Crippen molar-refractivity contribution in [3.63, 3.8) is 0 Å². The maximum atomic E-state index is 0. The average molecular weight is 292 g/mol. The molecule has 0 unspecified atom stereocenters. The quantitative estimate of drug-likeness (QED) is 0.551. The fourth-order valence-corrected chi connectivity index (χ4v) is 0. The van der Waals surface area contributed by atoms with Crippen LogP contribution in [0.2, 0.25) is 0 Å². The molecule has 45 valence electrons. The van der Waals surface area contributed by atoms with E-state index in [2.05, 4.69) is 0 Å². The Morgan fingerprint density at radius 2 is 1.00 bits per heavy atom. The van der Waals surface area contributed by atoms with Crippen LogP contribution in [0.15, 0.2) is 0 Å². The van der Waals surface area contributed by atoms with Crippen LogP contribution in [-0.4, -0.2) is 0 Å². The summed E-state index contributed by atoms with van der Waals surface area (Å²) in [6.07, 6.45) is 0. The van der Waals surface area contributed by atoms with Gasteiger partial charge >= 0.3 is 0 Å². The van der Waals surface area contributed by atoms with Gasteiger partial charge in [-0.25, -0.2) is 0 Å². The second-order valence-corrected chi connectivity index (χ2v) is 0. The predicted octanol–water partition coefficient (Wildman–Crippen LogP) is -0.0125. The molecule has 0 bridgehead atoms. The van der Waals surface area contributed by atoms with Gasteiger partial charge in [-0.3, -0.25) is 0 Å². The Kier molecular flexibility index (Phi) is 308. The smallest absolute Gasteiger partial charge is 0 e. The van der Waals surface area contributed by atoms with E-state index in [-0.39, 0.29) is 84.5 Å². The Bertz CT molecular complexity index is 11.6. The molecule has 0 saturated carbocycles. The van der Waals surface area contributed by atoms with Crippen LogP contribution in [-0.2, 0) is 84.5 Å². The molecule has 3 radical (unpaired) electrons. The summed E-state index contributed by atoms with van der Waals surface area (Å²) < 4.78 is 0. The molecule has 0 aliphatic rings. The monoisotopic (exact) mass is 291 g/mol. The van der Waals surface area contributed by atoms with Crippen LogP contribution in [0.4, 0.5) is 0 Å². The number of hydrogen-bond donors (Lipinski definition) is 0. The number of rotatable bonds is 0. The molecule has 0 nitrogen and oxygen atoms in total. The molecule has 0 aliphatic carbocycles. The first-order chi connectivity index (χ1) is 0. The zero-order chi connectivity index (χ0) is 0. The minimum absolute atomic E-state index is 0. The molecule has 0 aromatic heterocycles. The van der Waals surface area contributed by atoms with Gasteiger partial charge in [0.05, 0.1) is 0 Å². The molecule has 0 spiro atoms. The third-order valence-corrected chi connectivity index (χ3v) is 0. The van der Waals surface area contributed by atoms with E-state index in [9.17, 15) is 0 Å². The van der Waals surface area contributed by atoms with E-state index >= 15 is 0 Å². The fourth-order valence-electron chi connectivity index (χ4n) is 0. The Morgan fingerprint density at radius 3 is 1.00 bits per heavy atom. The van der Waals surface area contributed by atoms with Crippen LogP contribution in [0.1, 0.15) is 0 Å². The van der Waals surface area contributed by atoms with Crippen LogP contribution in [0.25, 0.3) is 0 Å². The van der Waals surface area contributed by atoms with Crippen molar-refractivity contribution in [1.82, 2.24) is 0 Å². The van der Waals surface area contributed by atoms with E-state index in [1.165, 1.54) is 0 Å². The zero-order valence-corrected chi connectivity index (χ0v) is 6.94. The van der Waals surface area contributed by atoms with Gasteiger partial charge in [0.15, 0.2) is 0 Å². The fraction of sp³-hybridized carbons (Fsp3) is 0. The van der Waals surface area contributed by atoms with Gasteiger partial charge in [0.25, 0.3) is 0 Å². The van der Waals surface area contributed by atoms with Gasteiger partial charge in [-0.05, 0) is 0 Å². The molecule has 0 fully saturated rings. The van der Waals surface area contributed by atoms with Crippen LogP contribution >= 0.6 is 0 Å².